The number of hydrogen-bond donors (Lipinski definition) is 2. The maximum absolute atomic E-state index is 12.8. The summed E-state index contributed by atoms with van der Waals surface area (Å²) in [7, 11) is -3.09. The predicted molar refractivity (Wildman–Crippen MR) is 115 cm³/mol. The molecule has 1 atom stereocenters. The monoisotopic (exact) mass is 537 g/mol. The maximum atomic E-state index is 12.8. The first-order chi connectivity index (χ1) is 12.5. The molecule has 0 spiro atoms. The highest BCUT2D eigenvalue weighted by molar-refractivity contribution is 14.0. The van der Waals surface area contributed by atoms with Gasteiger partial charge >= 0.3 is 6.18 Å². The lowest BCUT2D eigenvalue weighted by atomic mass is 10.2. The molecular formula is C17H27F3IN3O3S. The second-order valence-electron chi connectivity index (χ2n) is 5.95. The van der Waals surface area contributed by atoms with Gasteiger partial charge in [0.05, 0.1) is 17.9 Å². The third-order valence-electron chi connectivity index (χ3n) is 3.48. The summed E-state index contributed by atoms with van der Waals surface area (Å²) in [4.78, 5) is 4.32. The van der Waals surface area contributed by atoms with Crippen LogP contribution in [-0.4, -0.2) is 52.1 Å². The van der Waals surface area contributed by atoms with E-state index in [1.54, 1.807) is 0 Å². The number of hydrogen-bond acceptors (Lipinski definition) is 4. The number of aliphatic imine (C=N–C) groups is 1. The number of nitrogens with one attached hydrogen (secondary N) is 2. The molecule has 0 aliphatic carbocycles. The molecule has 0 radical (unpaired) electrons. The number of benzene rings is 1. The zero-order chi connectivity index (χ0) is 20.5. The van der Waals surface area contributed by atoms with Gasteiger partial charge in [-0.3, -0.25) is 0 Å². The second kappa shape index (κ2) is 12.3. The molecule has 0 aliphatic heterocycles. The van der Waals surface area contributed by atoms with E-state index < -0.39 is 27.7 Å². The van der Waals surface area contributed by atoms with Crippen molar-refractivity contribution in [2.75, 3.05) is 31.6 Å². The average Bonchev–Trinajstić information content (AvgIpc) is 2.56. The minimum absolute atomic E-state index is 0. The Morgan fingerprint density at radius 1 is 1.25 bits per heavy atom. The standard InChI is InChI=1S/C17H26F3N3O3S.HI/c1-4-14(26-15-8-6-7-13(11-15)17(18,19)20)12-23-16(21-5-2)22-9-10-27(3,24)25;/h6-8,11,14H,4-5,9-10,12H2,1-3H3,(H2,21,22,23);1H. The third kappa shape index (κ3) is 10.9. The van der Waals surface area contributed by atoms with Gasteiger partial charge in [-0.2, -0.15) is 13.2 Å². The molecule has 1 rings (SSSR count). The second-order valence-corrected chi connectivity index (χ2v) is 8.21. The number of alkyl halides is 3. The van der Waals surface area contributed by atoms with Crippen molar-refractivity contribution in [1.29, 1.82) is 0 Å². The van der Waals surface area contributed by atoms with E-state index in [2.05, 4.69) is 15.6 Å². The molecule has 2 N–H and O–H groups in total. The van der Waals surface area contributed by atoms with Crippen molar-refractivity contribution < 1.29 is 26.3 Å². The smallest absolute Gasteiger partial charge is 0.416 e. The summed E-state index contributed by atoms with van der Waals surface area (Å²) in [5.74, 6) is 0.518. The van der Waals surface area contributed by atoms with Crippen LogP contribution in [0.5, 0.6) is 5.75 Å². The minimum Gasteiger partial charge on any atom is -0.488 e. The Labute approximate surface area is 181 Å². The lowest BCUT2D eigenvalue weighted by Gasteiger charge is -2.18. The number of sulfone groups is 1. The summed E-state index contributed by atoms with van der Waals surface area (Å²) < 4.78 is 66.4. The molecule has 162 valence electrons. The van der Waals surface area contributed by atoms with Crippen molar-refractivity contribution >= 4 is 39.8 Å². The zero-order valence-electron chi connectivity index (χ0n) is 16.0. The Morgan fingerprint density at radius 2 is 1.93 bits per heavy atom. The lowest BCUT2D eigenvalue weighted by Crippen LogP contribution is -2.40. The first-order valence-corrected chi connectivity index (χ1v) is 10.6. The van der Waals surface area contributed by atoms with E-state index in [1.807, 2.05) is 13.8 Å². The van der Waals surface area contributed by atoms with Gasteiger partial charge < -0.3 is 15.4 Å². The van der Waals surface area contributed by atoms with Crippen LogP contribution in [0.25, 0.3) is 0 Å². The Balaban J connectivity index is 0.00000729. The zero-order valence-corrected chi connectivity index (χ0v) is 19.2. The van der Waals surface area contributed by atoms with E-state index in [9.17, 15) is 21.6 Å². The van der Waals surface area contributed by atoms with Crippen molar-refractivity contribution in [2.45, 2.75) is 32.5 Å². The first-order valence-electron chi connectivity index (χ1n) is 8.59. The fourth-order valence-corrected chi connectivity index (χ4v) is 2.55. The van der Waals surface area contributed by atoms with Crippen molar-refractivity contribution in [2.24, 2.45) is 4.99 Å². The summed E-state index contributed by atoms with van der Waals surface area (Å²) >= 11 is 0. The van der Waals surface area contributed by atoms with Gasteiger partial charge in [-0.15, -0.1) is 24.0 Å². The Morgan fingerprint density at radius 3 is 2.46 bits per heavy atom. The van der Waals surface area contributed by atoms with Crippen LogP contribution in [0.2, 0.25) is 0 Å². The molecule has 6 nitrogen and oxygen atoms in total. The van der Waals surface area contributed by atoms with Crippen LogP contribution in [0.3, 0.4) is 0 Å². The van der Waals surface area contributed by atoms with Crippen LogP contribution in [0.1, 0.15) is 25.8 Å². The largest absolute Gasteiger partial charge is 0.488 e. The predicted octanol–water partition coefficient (Wildman–Crippen LogP) is 3.08. The SMILES string of the molecule is CCNC(=NCC(CC)Oc1cccc(C(F)(F)F)c1)NCCS(C)(=O)=O.I. The number of nitrogens with zero attached hydrogens (tertiary/aromatic N) is 1. The summed E-state index contributed by atoms with van der Waals surface area (Å²) in [6.07, 6.45) is -3.16. The van der Waals surface area contributed by atoms with Gasteiger partial charge in [-0.1, -0.05) is 13.0 Å². The number of halogens is 4. The molecule has 1 aromatic carbocycles. The van der Waals surface area contributed by atoms with Gasteiger partial charge in [0.1, 0.15) is 21.7 Å². The normalized spacial score (nSPS) is 13.4. The summed E-state index contributed by atoms with van der Waals surface area (Å²) in [5.41, 5.74) is -0.769. The molecular weight excluding hydrogens is 510 g/mol. The fraction of sp³-hybridized carbons (Fsp3) is 0.588. The first kappa shape index (κ1) is 26.8. The van der Waals surface area contributed by atoms with Crippen LogP contribution < -0.4 is 15.4 Å². The molecule has 0 aromatic heterocycles. The molecule has 0 heterocycles. The minimum atomic E-state index is -4.43. The Hall–Kier alpha value is -1.24. The topological polar surface area (TPSA) is 79.8 Å². The number of ether oxygens (including phenoxy) is 1. The fourth-order valence-electron chi connectivity index (χ4n) is 2.08. The highest BCUT2D eigenvalue weighted by Crippen LogP contribution is 2.31. The van der Waals surface area contributed by atoms with E-state index in [1.165, 1.54) is 12.1 Å². The lowest BCUT2D eigenvalue weighted by molar-refractivity contribution is -0.137. The maximum Gasteiger partial charge on any atom is 0.416 e. The van der Waals surface area contributed by atoms with Crippen molar-refractivity contribution in [3.63, 3.8) is 0 Å². The quantitative estimate of drug-likeness (QED) is 0.288. The molecule has 0 amide bonds. The van der Waals surface area contributed by atoms with Gasteiger partial charge in [-0.25, -0.2) is 13.4 Å². The highest BCUT2D eigenvalue weighted by atomic mass is 127. The Kier molecular flexibility index (Phi) is 11.8. The molecule has 0 bridgehead atoms. The highest BCUT2D eigenvalue weighted by Gasteiger charge is 2.30. The van der Waals surface area contributed by atoms with Crippen molar-refractivity contribution in [1.82, 2.24) is 10.6 Å². The third-order valence-corrected chi connectivity index (χ3v) is 4.43. The Bertz CT molecular complexity index is 728. The van der Waals surface area contributed by atoms with E-state index in [0.29, 0.717) is 18.9 Å². The van der Waals surface area contributed by atoms with E-state index in [-0.39, 0.29) is 48.6 Å². The number of guanidine groups is 1. The van der Waals surface area contributed by atoms with Gasteiger partial charge in [0.25, 0.3) is 0 Å². The molecule has 0 fully saturated rings. The van der Waals surface area contributed by atoms with Crippen molar-refractivity contribution in [3.8, 4) is 5.75 Å². The van der Waals surface area contributed by atoms with Gasteiger partial charge in [-0.05, 0) is 31.5 Å². The van der Waals surface area contributed by atoms with Crippen LogP contribution in [0.4, 0.5) is 13.2 Å². The van der Waals surface area contributed by atoms with E-state index in [0.717, 1.165) is 18.4 Å². The van der Waals surface area contributed by atoms with Crippen LogP contribution in [0.15, 0.2) is 29.3 Å². The summed E-state index contributed by atoms with van der Waals surface area (Å²) in [5, 5.41) is 5.89. The summed E-state index contributed by atoms with van der Waals surface area (Å²) in [6.45, 7) is 4.70. The van der Waals surface area contributed by atoms with Gasteiger partial charge in [0.2, 0.25) is 0 Å². The van der Waals surface area contributed by atoms with Crippen LogP contribution in [-0.2, 0) is 16.0 Å². The molecule has 28 heavy (non-hydrogen) atoms. The van der Waals surface area contributed by atoms with E-state index >= 15 is 0 Å². The molecule has 1 unspecified atom stereocenters. The molecule has 0 saturated heterocycles. The number of rotatable bonds is 9. The van der Waals surface area contributed by atoms with Gasteiger partial charge in [0, 0.05) is 19.3 Å². The van der Waals surface area contributed by atoms with Crippen LogP contribution >= 0.6 is 24.0 Å². The van der Waals surface area contributed by atoms with Gasteiger partial charge in [0.15, 0.2) is 5.96 Å². The molecule has 1 aromatic rings. The molecule has 0 aliphatic rings. The van der Waals surface area contributed by atoms with E-state index in [4.69, 9.17) is 4.74 Å². The molecule has 11 heteroatoms. The van der Waals surface area contributed by atoms with Crippen LogP contribution in [0, 0.1) is 0 Å². The van der Waals surface area contributed by atoms with Crippen molar-refractivity contribution in [3.05, 3.63) is 29.8 Å². The summed E-state index contributed by atoms with van der Waals surface area (Å²) in [6, 6.07) is 4.71. The molecule has 0 saturated carbocycles. The average molecular weight is 537 g/mol.